The highest BCUT2D eigenvalue weighted by Gasteiger charge is 2.35. The number of sulfone groups is 1. The lowest BCUT2D eigenvalue weighted by Gasteiger charge is -2.26. The Morgan fingerprint density at radius 1 is 1.16 bits per heavy atom. The van der Waals surface area contributed by atoms with Crippen LogP contribution >= 0.6 is 0 Å². The lowest BCUT2D eigenvalue weighted by Crippen LogP contribution is -2.38. The van der Waals surface area contributed by atoms with Crippen molar-refractivity contribution in [2.24, 2.45) is 0 Å². The molecule has 0 radical (unpaired) electrons. The van der Waals surface area contributed by atoms with Gasteiger partial charge in [-0.1, -0.05) is 18.2 Å². The van der Waals surface area contributed by atoms with Crippen LogP contribution in [0.4, 0.5) is 0 Å². The Labute approximate surface area is 116 Å². The number of benzene rings is 1. The predicted octanol–water partition coefficient (Wildman–Crippen LogP) is 1.02. The van der Waals surface area contributed by atoms with Crippen LogP contribution in [0.15, 0.2) is 29.2 Å². The third-order valence-corrected chi connectivity index (χ3v) is 7.04. The molecule has 4 nitrogen and oxygen atoms in total. The zero-order valence-corrected chi connectivity index (χ0v) is 12.2. The summed E-state index contributed by atoms with van der Waals surface area (Å²) in [5.41, 5.74) is 0.884. The van der Waals surface area contributed by atoms with E-state index in [9.17, 15) is 12.6 Å². The summed E-state index contributed by atoms with van der Waals surface area (Å²) >= 11 is 0. The molecule has 3 rings (SSSR count). The molecule has 2 heterocycles. The first-order valence-corrected chi connectivity index (χ1v) is 9.63. The summed E-state index contributed by atoms with van der Waals surface area (Å²) < 4.78 is 35.5. The van der Waals surface area contributed by atoms with Gasteiger partial charge in [0.25, 0.3) is 0 Å². The van der Waals surface area contributed by atoms with Crippen LogP contribution in [0.25, 0.3) is 0 Å². The molecule has 1 atom stereocenters. The SMILES string of the molecule is O=S1CCC(NC2CS(=O)(=O)c3ccccc32)CC1. The van der Waals surface area contributed by atoms with Crippen molar-refractivity contribution >= 4 is 20.6 Å². The Bertz CT molecular complexity index is 602. The Morgan fingerprint density at radius 3 is 2.58 bits per heavy atom. The van der Waals surface area contributed by atoms with Gasteiger partial charge in [-0.25, -0.2) is 8.42 Å². The van der Waals surface area contributed by atoms with Gasteiger partial charge in [-0.3, -0.25) is 4.21 Å². The molecule has 0 bridgehead atoms. The van der Waals surface area contributed by atoms with E-state index in [0.29, 0.717) is 4.90 Å². The monoisotopic (exact) mass is 299 g/mol. The first kappa shape index (κ1) is 13.3. The fourth-order valence-corrected chi connectivity index (χ4v) is 5.88. The average Bonchev–Trinajstić information content (AvgIpc) is 2.65. The molecule has 1 aromatic rings. The Hall–Kier alpha value is -0.720. The number of fused-ring (bicyclic) bond motifs is 1. The fraction of sp³-hybridized carbons (Fsp3) is 0.538. The molecule has 19 heavy (non-hydrogen) atoms. The minimum absolute atomic E-state index is 0.113. The van der Waals surface area contributed by atoms with Crippen molar-refractivity contribution in [3.63, 3.8) is 0 Å². The van der Waals surface area contributed by atoms with Crippen molar-refractivity contribution in [1.29, 1.82) is 0 Å². The molecular weight excluding hydrogens is 282 g/mol. The molecule has 1 unspecified atom stereocenters. The van der Waals surface area contributed by atoms with Crippen LogP contribution in [-0.4, -0.2) is 35.9 Å². The molecule has 1 fully saturated rings. The van der Waals surface area contributed by atoms with Crippen LogP contribution in [0.2, 0.25) is 0 Å². The van der Waals surface area contributed by atoms with Gasteiger partial charge < -0.3 is 5.32 Å². The Kier molecular flexibility index (Phi) is 3.49. The molecule has 0 amide bonds. The van der Waals surface area contributed by atoms with Gasteiger partial charge in [0, 0.05) is 34.4 Å². The minimum atomic E-state index is -3.14. The number of nitrogens with one attached hydrogen (secondary N) is 1. The smallest absolute Gasteiger partial charge is 0.180 e. The molecule has 104 valence electrons. The second-order valence-electron chi connectivity index (χ2n) is 5.16. The average molecular weight is 299 g/mol. The van der Waals surface area contributed by atoms with Gasteiger partial charge >= 0.3 is 0 Å². The lowest BCUT2D eigenvalue weighted by molar-refractivity contribution is 0.429. The third-order valence-electron chi connectivity index (χ3n) is 3.84. The second kappa shape index (κ2) is 5.00. The van der Waals surface area contributed by atoms with Gasteiger partial charge in [-0.2, -0.15) is 0 Å². The van der Waals surface area contributed by atoms with Gasteiger partial charge in [-0.15, -0.1) is 0 Å². The molecule has 0 saturated carbocycles. The van der Waals surface area contributed by atoms with Gasteiger partial charge in [-0.05, 0) is 24.5 Å². The van der Waals surface area contributed by atoms with E-state index in [4.69, 9.17) is 0 Å². The van der Waals surface area contributed by atoms with Gasteiger partial charge in [0.2, 0.25) is 0 Å². The van der Waals surface area contributed by atoms with Crippen molar-refractivity contribution in [2.45, 2.75) is 29.8 Å². The predicted molar refractivity (Wildman–Crippen MR) is 75.3 cm³/mol. The highest BCUT2D eigenvalue weighted by Crippen LogP contribution is 2.33. The van der Waals surface area contributed by atoms with Crippen LogP contribution in [0.5, 0.6) is 0 Å². The van der Waals surface area contributed by atoms with Crippen molar-refractivity contribution in [1.82, 2.24) is 5.32 Å². The summed E-state index contributed by atoms with van der Waals surface area (Å²) in [6, 6.07) is 7.38. The van der Waals surface area contributed by atoms with Gasteiger partial charge in [0.15, 0.2) is 9.84 Å². The Balaban J connectivity index is 1.79. The molecule has 0 aromatic heterocycles. The van der Waals surface area contributed by atoms with Crippen molar-refractivity contribution < 1.29 is 12.6 Å². The molecule has 2 aliphatic heterocycles. The highest BCUT2D eigenvalue weighted by molar-refractivity contribution is 7.91. The molecule has 2 aliphatic rings. The summed E-state index contributed by atoms with van der Waals surface area (Å²) in [5.74, 6) is 1.59. The van der Waals surface area contributed by atoms with E-state index in [0.717, 1.165) is 29.9 Å². The molecule has 0 spiro atoms. The molecule has 1 saturated heterocycles. The van der Waals surface area contributed by atoms with Crippen LogP contribution in [-0.2, 0) is 20.6 Å². The van der Waals surface area contributed by atoms with Gasteiger partial charge in [0.05, 0.1) is 10.6 Å². The summed E-state index contributed by atoms with van der Waals surface area (Å²) in [4.78, 5) is 0.465. The lowest BCUT2D eigenvalue weighted by atomic mass is 10.1. The number of hydrogen-bond acceptors (Lipinski definition) is 4. The number of hydrogen-bond donors (Lipinski definition) is 1. The summed E-state index contributed by atoms with van der Waals surface area (Å²) in [6.45, 7) is 0. The van der Waals surface area contributed by atoms with Crippen molar-refractivity contribution in [2.75, 3.05) is 17.3 Å². The van der Waals surface area contributed by atoms with E-state index in [2.05, 4.69) is 5.32 Å². The first-order valence-electron chi connectivity index (χ1n) is 6.49. The highest BCUT2D eigenvalue weighted by atomic mass is 32.2. The van der Waals surface area contributed by atoms with Crippen LogP contribution < -0.4 is 5.32 Å². The second-order valence-corrected chi connectivity index (χ2v) is 8.86. The third kappa shape index (κ3) is 2.61. The molecule has 6 heteroatoms. The van der Waals surface area contributed by atoms with E-state index in [1.165, 1.54) is 0 Å². The van der Waals surface area contributed by atoms with Gasteiger partial charge in [0.1, 0.15) is 0 Å². The van der Waals surface area contributed by atoms with E-state index in [1.807, 2.05) is 12.1 Å². The summed E-state index contributed by atoms with van der Waals surface area (Å²) in [5, 5.41) is 3.44. The normalized spacial score (nSPS) is 32.9. The van der Waals surface area contributed by atoms with E-state index < -0.39 is 20.6 Å². The number of rotatable bonds is 2. The molecule has 1 N–H and O–H groups in total. The maximum atomic E-state index is 12.1. The topological polar surface area (TPSA) is 63.2 Å². The van der Waals surface area contributed by atoms with Crippen LogP contribution in [0, 0.1) is 0 Å². The zero-order valence-electron chi connectivity index (χ0n) is 10.5. The zero-order chi connectivity index (χ0) is 13.5. The van der Waals surface area contributed by atoms with Crippen LogP contribution in [0.3, 0.4) is 0 Å². The largest absolute Gasteiger partial charge is 0.306 e. The van der Waals surface area contributed by atoms with Crippen LogP contribution in [0.1, 0.15) is 24.4 Å². The van der Waals surface area contributed by atoms with Crippen molar-refractivity contribution in [3.05, 3.63) is 29.8 Å². The standard InChI is InChI=1S/C13H17NO3S2/c15-18-7-5-10(6-8-18)14-12-9-19(16,17)13-4-2-1-3-11(12)13/h1-4,10,12,14H,5-9H2. The maximum absolute atomic E-state index is 12.1. The minimum Gasteiger partial charge on any atom is -0.306 e. The van der Waals surface area contributed by atoms with E-state index in [1.54, 1.807) is 12.1 Å². The molecule has 0 aliphatic carbocycles. The first-order chi connectivity index (χ1) is 9.06. The quantitative estimate of drug-likeness (QED) is 0.885. The maximum Gasteiger partial charge on any atom is 0.180 e. The fourth-order valence-electron chi connectivity index (χ4n) is 2.83. The molecule has 1 aromatic carbocycles. The van der Waals surface area contributed by atoms with E-state index >= 15 is 0 Å². The summed E-state index contributed by atoms with van der Waals surface area (Å²) in [6.07, 6.45) is 1.73. The Morgan fingerprint density at radius 2 is 1.84 bits per heavy atom. The molecular formula is C13H17NO3S2. The van der Waals surface area contributed by atoms with E-state index in [-0.39, 0.29) is 17.8 Å². The van der Waals surface area contributed by atoms with Crippen molar-refractivity contribution in [3.8, 4) is 0 Å². The summed E-state index contributed by atoms with van der Waals surface area (Å²) in [7, 11) is -3.82.